The van der Waals surface area contributed by atoms with Crippen LogP contribution in [0, 0.1) is 0 Å². The van der Waals surface area contributed by atoms with Gasteiger partial charge in [-0.05, 0) is 35.7 Å². The highest BCUT2D eigenvalue weighted by Crippen LogP contribution is 2.26. The van der Waals surface area contributed by atoms with Crippen LogP contribution in [0.1, 0.15) is 11.1 Å². The SMILES string of the molecule is O=c1nc2sccn2c2ccc(S(=O)(=O)N3CCc4ccccc4C3)cc12. The number of fused-ring (bicyclic) bond motifs is 4. The van der Waals surface area contributed by atoms with Crippen molar-refractivity contribution in [2.75, 3.05) is 6.54 Å². The van der Waals surface area contributed by atoms with Gasteiger partial charge in [-0.3, -0.25) is 9.20 Å². The molecule has 136 valence electrons. The van der Waals surface area contributed by atoms with E-state index >= 15 is 0 Å². The van der Waals surface area contributed by atoms with E-state index in [1.165, 1.54) is 27.3 Å². The highest BCUT2D eigenvalue weighted by molar-refractivity contribution is 7.89. The van der Waals surface area contributed by atoms with Crippen molar-refractivity contribution < 1.29 is 8.42 Å². The average molecular weight is 397 g/mol. The lowest BCUT2D eigenvalue weighted by molar-refractivity contribution is 0.391. The van der Waals surface area contributed by atoms with Gasteiger partial charge in [-0.2, -0.15) is 9.29 Å². The van der Waals surface area contributed by atoms with E-state index in [1.54, 1.807) is 16.5 Å². The zero-order valence-corrected chi connectivity index (χ0v) is 15.8. The highest BCUT2D eigenvalue weighted by Gasteiger charge is 2.28. The van der Waals surface area contributed by atoms with Crippen LogP contribution >= 0.6 is 11.3 Å². The summed E-state index contributed by atoms with van der Waals surface area (Å²) in [4.78, 5) is 17.2. The minimum absolute atomic E-state index is 0.128. The van der Waals surface area contributed by atoms with Gasteiger partial charge < -0.3 is 0 Å². The third-order valence-electron chi connectivity index (χ3n) is 4.98. The van der Waals surface area contributed by atoms with E-state index in [4.69, 9.17) is 0 Å². The molecule has 0 radical (unpaired) electrons. The summed E-state index contributed by atoms with van der Waals surface area (Å²) in [6, 6.07) is 12.6. The maximum absolute atomic E-state index is 13.2. The van der Waals surface area contributed by atoms with Gasteiger partial charge in [-0.25, -0.2) is 8.42 Å². The Kier molecular flexibility index (Phi) is 3.68. The molecule has 6 nitrogen and oxygen atoms in total. The van der Waals surface area contributed by atoms with Gasteiger partial charge in [0, 0.05) is 24.7 Å². The number of aromatic nitrogens is 2. The lowest BCUT2D eigenvalue weighted by Gasteiger charge is -2.28. The van der Waals surface area contributed by atoms with E-state index < -0.39 is 15.6 Å². The summed E-state index contributed by atoms with van der Waals surface area (Å²) in [6.45, 7) is 0.773. The van der Waals surface area contributed by atoms with Crippen LogP contribution in [0.2, 0.25) is 0 Å². The zero-order valence-electron chi connectivity index (χ0n) is 14.2. The second-order valence-corrected chi connectivity index (χ2v) is 9.32. The number of sulfonamides is 1. The Labute approximate surface area is 159 Å². The highest BCUT2D eigenvalue weighted by atomic mass is 32.2. The van der Waals surface area contributed by atoms with Gasteiger partial charge >= 0.3 is 0 Å². The van der Waals surface area contributed by atoms with Crippen LogP contribution in [-0.4, -0.2) is 28.7 Å². The molecular weight excluding hydrogens is 382 g/mol. The van der Waals surface area contributed by atoms with E-state index in [0.717, 1.165) is 5.56 Å². The Balaban J connectivity index is 1.61. The van der Waals surface area contributed by atoms with Crippen molar-refractivity contribution in [2.24, 2.45) is 0 Å². The first-order valence-corrected chi connectivity index (χ1v) is 10.8. The molecular formula is C19H15N3O3S2. The molecule has 1 aliphatic heterocycles. The number of thiazole rings is 1. The lowest BCUT2D eigenvalue weighted by Crippen LogP contribution is -2.36. The van der Waals surface area contributed by atoms with Crippen LogP contribution in [0.25, 0.3) is 15.9 Å². The van der Waals surface area contributed by atoms with Crippen molar-refractivity contribution in [3.8, 4) is 0 Å². The van der Waals surface area contributed by atoms with Crippen LogP contribution < -0.4 is 5.56 Å². The molecule has 5 rings (SSSR count). The first-order valence-electron chi connectivity index (χ1n) is 8.50. The van der Waals surface area contributed by atoms with E-state index in [1.807, 2.05) is 35.8 Å². The maximum Gasteiger partial charge on any atom is 0.281 e. The normalized spacial score (nSPS) is 15.3. The number of nitrogens with zero attached hydrogens (tertiary/aromatic N) is 3. The van der Waals surface area contributed by atoms with Crippen molar-refractivity contribution in [3.63, 3.8) is 0 Å². The second-order valence-electron chi connectivity index (χ2n) is 6.51. The van der Waals surface area contributed by atoms with Crippen molar-refractivity contribution >= 4 is 37.2 Å². The molecule has 1 aliphatic rings. The number of benzene rings is 2. The number of rotatable bonds is 2. The molecule has 0 saturated carbocycles. The number of hydrogen-bond donors (Lipinski definition) is 0. The van der Waals surface area contributed by atoms with Gasteiger partial charge in [0.1, 0.15) is 0 Å². The Morgan fingerprint density at radius 2 is 1.89 bits per heavy atom. The fourth-order valence-corrected chi connectivity index (χ4v) is 5.72. The second kappa shape index (κ2) is 5.98. The molecule has 0 fully saturated rings. The van der Waals surface area contributed by atoms with Crippen molar-refractivity contribution in [1.29, 1.82) is 0 Å². The monoisotopic (exact) mass is 397 g/mol. The molecule has 8 heteroatoms. The zero-order chi connectivity index (χ0) is 18.6. The summed E-state index contributed by atoms with van der Waals surface area (Å²) >= 11 is 1.37. The van der Waals surface area contributed by atoms with Gasteiger partial charge in [0.15, 0.2) is 4.96 Å². The molecule has 2 aromatic heterocycles. The van der Waals surface area contributed by atoms with Gasteiger partial charge in [0.25, 0.3) is 5.56 Å². The van der Waals surface area contributed by atoms with Crippen LogP contribution in [0.15, 0.2) is 63.7 Å². The van der Waals surface area contributed by atoms with Crippen molar-refractivity contribution in [2.45, 2.75) is 17.9 Å². The molecule has 4 aromatic rings. The Morgan fingerprint density at radius 1 is 1.07 bits per heavy atom. The molecule has 0 N–H and O–H groups in total. The molecule has 0 saturated heterocycles. The summed E-state index contributed by atoms with van der Waals surface area (Å²) in [5.74, 6) is 0. The predicted molar refractivity (Wildman–Crippen MR) is 105 cm³/mol. The lowest BCUT2D eigenvalue weighted by atomic mass is 10.0. The van der Waals surface area contributed by atoms with E-state index in [2.05, 4.69) is 4.98 Å². The topological polar surface area (TPSA) is 71.8 Å². The van der Waals surface area contributed by atoms with Crippen LogP contribution in [0.3, 0.4) is 0 Å². The molecule has 0 bridgehead atoms. The standard InChI is InChI=1S/C19H15N3O3S2/c23-18-16-11-15(5-6-17(16)22-9-10-26-19(22)20-18)27(24,25)21-8-7-13-3-1-2-4-14(13)12-21/h1-6,9-11H,7-8,12H2. The molecule has 27 heavy (non-hydrogen) atoms. The van der Waals surface area contributed by atoms with E-state index in [0.29, 0.717) is 35.4 Å². The van der Waals surface area contributed by atoms with Crippen LogP contribution in [0.5, 0.6) is 0 Å². The predicted octanol–water partition coefficient (Wildman–Crippen LogP) is 2.66. The average Bonchev–Trinajstić information content (AvgIpc) is 3.16. The fourth-order valence-electron chi connectivity index (χ4n) is 3.56. The minimum atomic E-state index is -3.69. The molecule has 0 amide bonds. The summed E-state index contributed by atoms with van der Waals surface area (Å²) in [6.07, 6.45) is 2.51. The van der Waals surface area contributed by atoms with Crippen LogP contribution in [-0.2, 0) is 23.0 Å². The molecule has 0 atom stereocenters. The molecule has 0 unspecified atom stereocenters. The summed E-state index contributed by atoms with van der Waals surface area (Å²) in [5.41, 5.74) is 2.46. The quantitative estimate of drug-likeness (QED) is 0.521. The maximum atomic E-state index is 13.2. The summed E-state index contributed by atoms with van der Waals surface area (Å²) in [5, 5.41) is 2.15. The first kappa shape index (κ1) is 16.6. The smallest absolute Gasteiger partial charge is 0.281 e. The molecule has 0 aliphatic carbocycles. The van der Waals surface area contributed by atoms with Crippen molar-refractivity contribution in [3.05, 3.63) is 75.5 Å². The van der Waals surface area contributed by atoms with Gasteiger partial charge in [0.2, 0.25) is 10.0 Å². The summed E-state index contributed by atoms with van der Waals surface area (Å²) in [7, 11) is -3.69. The molecule has 0 spiro atoms. The third-order valence-corrected chi connectivity index (χ3v) is 7.58. The third kappa shape index (κ3) is 2.60. The Bertz CT molecular complexity index is 1360. The Morgan fingerprint density at radius 3 is 2.74 bits per heavy atom. The van der Waals surface area contributed by atoms with Crippen LogP contribution in [0.4, 0.5) is 0 Å². The summed E-state index contributed by atoms with van der Waals surface area (Å²) < 4.78 is 29.6. The van der Waals surface area contributed by atoms with Gasteiger partial charge in [-0.1, -0.05) is 24.3 Å². The van der Waals surface area contributed by atoms with E-state index in [-0.39, 0.29) is 4.90 Å². The Hall–Kier alpha value is -2.55. The first-order chi connectivity index (χ1) is 13.0. The molecule has 3 heterocycles. The fraction of sp³-hybridized carbons (Fsp3) is 0.158. The van der Waals surface area contributed by atoms with E-state index in [9.17, 15) is 13.2 Å². The molecule has 2 aromatic carbocycles. The minimum Gasteiger partial charge on any atom is -0.292 e. The number of hydrogen-bond acceptors (Lipinski definition) is 5. The largest absolute Gasteiger partial charge is 0.292 e. The van der Waals surface area contributed by atoms with Gasteiger partial charge in [0.05, 0.1) is 15.8 Å². The van der Waals surface area contributed by atoms with Gasteiger partial charge in [-0.15, -0.1) is 11.3 Å². The van der Waals surface area contributed by atoms with Crippen molar-refractivity contribution in [1.82, 2.24) is 13.7 Å².